The first-order valence-electron chi connectivity index (χ1n) is 15.8. The van der Waals surface area contributed by atoms with Gasteiger partial charge in [-0.2, -0.15) is 0 Å². The van der Waals surface area contributed by atoms with Gasteiger partial charge in [0.25, 0.3) is 0 Å². The molecule has 1 amide bonds. The number of hydrogen-bond acceptors (Lipinski definition) is 6. The third kappa shape index (κ3) is 8.27. The molecular formula is C38H40N4O4. The molecule has 3 N–H and O–H groups in total. The summed E-state index contributed by atoms with van der Waals surface area (Å²) < 4.78 is 6.08. The Morgan fingerprint density at radius 1 is 0.826 bits per heavy atom. The monoisotopic (exact) mass is 616 g/mol. The highest BCUT2D eigenvalue weighted by Gasteiger charge is 2.23. The summed E-state index contributed by atoms with van der Waals surface area (Å²) in [7, 11) is 0. The van der Waals surface area contributed by atoms with Crippen LogP contribution in [0.5, 0.6) is 0 Å². The predicted octanol–water partition coefficient (Wildman–Crippen LogP) is 8.67. The van der Waals surface area contributed by atoms with Gasteiger partial charge in [0.15, 0.2) is 5.78 Å². The van der Waals surface area contributed by atoms with Crippen LogP contribution in [0.15, 0.2) is 108 Å². The van der Waals surface area contributed by atoms with E-state index in [0.29, 0.717) is 53.8 Å². The van der Waals surface area contributed by atoms with Crippen molar-refractivity contribution >= 4 is 17.6 Å². The minimum Gasteiger partial charge on any atom is -0.465 e. The van der Waals surface area contributed by atoms with Crippen LogP contribution in [0.25, 0.3) is 11.1 Å². The number of benzene rings is 4. The Kier molecular flexibility index (Phi) is 10.6. The molecule has 0 aliphatic carbocycles. The smallest absolute Gasteiger partial charge is 0.405 e. The van der Waals surface area contributed by atoms with E-state index >= 15 is 0 Å². The van der Waals surface area contributed by atoms with Crippen LogP contribution in [0.3, 0.4) is 0 Å². The molecule has 0 saturated heterocycles. The second-order valence-electron chi connectivity index (χ2n) is 11.9. The maximum Gasteiger partial charge on any atom is 0.405 e. The molecular weight excluding hydrogens is 576 g/mol. The Balaban J connectivity index is 1.40. The molecule has 0 spiro atoms. The van der Waals surface area contributed by atoms with E-state index in [2.05, 4.69) is 71.9 Å². The van der Waals surface area contributed by atoms with Crippen molar-refractivity contribution in [2.75, 3.05) is 5.32 Å². The maximum atomic E-state index is 13.5. The van der Waals surface area contributed by atoms with E-state index < -0.39 is 6.09 Å². The van der Waals surface area contributed by atoms with Crippen molar-refractivity contribution in [1.29, 1.82) is 0 Å². The number of nitrogens with zero attached hydrogens (tertiary/aromatic N) is 2. The van der Waals surface area contributed by atoms with Crippen molar-refractivity contribution in [1.82, 2.24) is 15.5 Å². The number of amides is 1. The molecule has 0 bridgehead atoms. The number of carboxylic acid groups (broad SMARTS) is 1. The van der Waals surface area contributed by atoms with E-state index in [0.717, 1.165) is 28.7 Å². The third-order valence-electron chi connectivity index (χ3n) is 7.80. The summed E-state index contributed by atoms with van der Waals surface area (Å²) in [6.07, 6.45) is 1.80. The van der Waals surface area contributed by atoms with Crippen molar-refractivity contribution in [3.05, 3.63) is 137 Å². The van der Waals surface area contributed by atoms with Crippen LogP contribution < -0.4 is 10.6 Å². The molecule has 0 aliphatic heterocycles. The largest absolute Gasteiger partial charge is 0.465 e. The molecule has 0 radical (unpaired) electrons. The van der Waals surface area contributed by atoms with E-state index in [-0.39, 0.29) is 17.9 Å². The minimum absolute atomic E-state index is 0.0691. The fraction of sp³-hybridized carbons (Fsp3) is 0.263. The molecule has 236 valence electrons. The first-order valence-corrected chi connectivity index (χ1v) is 15.8. The Bertz CT molecular complexity index is 1750. The molecule has 5 rings (SSSR count). The highest BCUT2D eigenvalue weighted by atomic mass is 16.4. The standard InChI is InChI=1S/C38H40N4O4/c1-4-11-35-41-42-37(46-35)34(39-32-17-9-8-16-31(32)36(43)28-12-6-5-7-13-28)23-26-18-20-27(21-19-26)29-14-10-15-30(24-29)33(22-25(2)3)40-38(44)45/h5-10,12-21,24-25,33-34,39-40H,4,11,22-23H2,1-3H3,(H,44,45). The summed E-state index contributed by atoms with van der Waals surface area (Å²) in [4.78, 5) is 24.9. The zero-order chi connectivity index (χ0) is 32.5. The molecule has 8 heteroatoms. The molecule has 0 aliphatic rings. The number of carbonyl (C=O) groups excluding carboxylic acids is 1. The summed E-state index contributed by atoms with van der Waals surface area (Å²) in [6, 6.07) is 32.3. The molecule has 4 aromatic carbocycles. The fourth-order valence-corrected chi connectivity index (χ4v) is 5.56. The number of hydrogen-bond donors (Lipinski definition) is 3. The predicted molar refractivity (Wildman–Crippen MR) is 180 cm³/mol. The first-order chi connectivity index (χ1) is 22.3. The number of rotatable bonds is 14. The lowest BCUT2D eigenvalue weighted by Crippen LogP contribution is -2.27. The SMILES string of the molecule is CCCc1nnc(C(Cc2ccc(-c3cccc(C(CC(C)C)NC(=O)O)c3)cc2)Nc2ccccc2C(=O)c2ccccc2)o1. The van der Waals surface area contributed by atoms with Gasteiger partial charge in [-0.15, -0.1) is 10.2 Å². The van der Waals surface area contributed by atoms with Gasteiger partial charge in [0.05, 0.1) is 6.04 Å². The van der Waals surface area contributed by atoms with Gasteiger partial charge < -0.3 is 20.2 Å². The molecule has 2 atom stereocenters. The van der Waals surface area contributed by atoms with E-state index in [1.54, 1.807) is 0 Å². The van der Waals surface area contributed by atoms with Crippen LogP contribution in [0, 0.1) is 5.92 Å². The van der Waals surface area contributed by atoms with Gasteiger partial charge in [-0.3, -0.25) is 4.79 Å². The van der Waals surface area contributed by atoms with Crippen LogP contribution in [0.4, 0.5) is 10.5 Å². The zero-order valence-corrected chi connectivity index (χ0v) is 26.4. The number of aryl methyl sites for hydroxylation is 1. The number of nitrogens with one attached hydrogen (secondary N) is 2. The summed E-state index contributed by atoms with van der Waals surface area (Å²) in [5.41, 5.74) is 5.89. The highest BCUT2D eigenvalue weighted by molar-refractivity contribution is 6.12. The normalized spacial score (nSPS) is 12.4. The highest BCUT2D eigenvalue weighted by Crippen LogP contribution is 2.30. The van der Waals surface area contributed by atoms with Gasteiger partial charge in [-0.25, -0.2) is 4.79 Å². The first kappa shape index (κ1) is 32.2. The van der Waals surface area contributed by atoms with Gasteiger partial charge in [-0.1, -0.05) is 106 Å². The van der Waals surface area contributed by atoms with E-state index in [1.165, 1.54) is 0 Å². The lowest BCUT2D eigenvalue weighted by molar-refractivity contribution is 0.103. The lowest BCUT2D eigenvalue weighted by Gasteiger charge is -2.20. The summed E-state index contributed by atoms with van der Waals surface area (Å²) in [6.45, 7) is 6.23. The van der Waals surface area contributed by atoms with Crippen LogP contribution in [0.1, 0.15) is 84.5 Å². The number of anilines is 1. The molecule has 2 unspecified atom stereocenters. The van der Waals surface area contributed by atoms with Gasteiger partial charge >= 0.3 is 6.09 Å². The second kappa shape index (κ2) is 15.2. The Labute approximate surface area is 269 Å². The van der Waals surface area contributed by atoms with Crippen molar-refractivity contribution in [3.63, 3.8) is 0 Å². The van der Waals surface area contributed by atoms with Crippen LogP contribution in [-0.4, -0.2) is 27.2 Å². The Hall–Kier alpha value is -5.24. The molecule has 0 fully saturated rings. The number of para-hydroxylation sites is 1. The summed E-state index contributed by atoms with van der Waals surface area (Å²) >= 11 is 0. The van der Waals surface area contributed by atoms with E-state index in [4.69, 9.17) is 4.42 Å². The van der Waals surface area contributed by atoms with E-state index in [9.17, 15) is 14.7 Å². The van der Waals surface area contributed by atoms with Gasteiger partial charge in [0.2, 0.25) is 11.8 Å². The summed E-state index contributed by atoms with van der Waals surface area (Å²) in [5, 5.41) is 24.3. The Morgan fingerprint density at radius 2 is 1.57 bits per heavy atom. The van der Waals surface area contributed by atoms with Crippen molar-refractivity contribution in [2.24, 2.45) is 5.92 Å². The van der Waals surface area contributed by atoms with E-state index in [1.807, 2.05) is 72.8 Å². The van der Waals surface area contributed by atoms with Crippen molar-refractivity contribution < 1.29 is 19.1 Å². The van der Waals surface area contributed by atoms with Gasteiger partial charge in [0.1, 0.15) is 6.04 Å². The Morgan fingerprint density at radius 3 is 2.28 bits per heavy atom. The average molecular weight is 617 g/mol. The molecule has 0 saturated carbocycles. The number of ketones is 1. The number of aromatic nitrogens is 2. The molecule has 46 heavy (non-hydrogen) atoms. The van der Waals surface area contributed by atoms with Gasteiger partial charge in [-0.05, 0) is 59.2 Å². The molecule has 5 aromatic rings. The van der Waals surface area contributed by atoms with Crippen LogP contribution in [0.2, 0.25) is 0 Å². The number of carbonyl (C=O) groups is 2. The molecule has 8 nitrogen and oxygen atoms in total. The average Bonchev–Trinajstić information content (AvgIpc) is 3.53. The van der Waals surface area contributed by atoms with Crippen molar-refractivity contribution in [3.8, 4) is 11.1 Å². The second-order valence-corrected chi connectivity index (χ2v) is 11.9. The summed E-state index contributed by atoms with van der Waals surface area (Å²) in [5.74, 6) is 1.31. The van der Waals surface area contributed by atoms with Gasteiger partial charge in [0, 0.05) is 29.7 Å². The molecule has 1 heterocycles. The minimum atomic E-state index is -1.03. The van der Waals surface area contributed by atoms with Crippen molar-refractivity contribution in [2.45, 2.75) is 58.5 Å². The zero-order valence-electron chi connectivity index (χ0n) is 26.4. The quantitative estimate of drug-likeness (QED) is 0.107. The fourth-order valence-electron chi connectivity index (χ4n) is 5.56. The van der Waals surface area contributed by atoms with Crippen LogP contribution >= 0.6 is 0 Å². The lowest BCUT2D eigenvalue weighted by atomic mass is 9.93. The third-order valence-corrected chi connectivity index (χ3v) is 7.80. The molecule has 1 aromatic heterocycles. The van der Waals surface area contributed by atoms with Crippen LogP contribution in [-0.2, 0) is 12.8 Å². The maximum absolute atomic E-state index is 13.5. The topological polar surface area (TPSA) is 117 Å².